The Hall–Kier alpha value is -3.44. The van der Waals surface area contributed by atoms with E-state index in [2.05, 4.69) is 123 Å². The molecule has 0 saturated carbocycles. The van der Waals surface area contributed by atoms with Crippen LogP contribution in [0.5, 0.6) is 0 Å². The van der Waals surface area contributed by atoms with Gasteiger partial charge in [0.25, 0.3) is 0 Å². The molecule has 0 aliphatic heterocycles. The van der Waals surface area contributed by atoms with E-state index in [9.17, 15) is 14.7 Å². The smallest absolute Gasteiger partial charge is 0.306 e. The van der Waals surface area contributed by atoms with Gasteiger partial charge in [-0.2, -0.15) is 0 Å². The number of unbranched alkanes of at least 4 members (excludes halogenated alkanes) is 41. The predicted molar refractivity (Wildman–Crippen MR) is 371 cm³/mol. The second kappa shape index (κ2) is 73.8. The zero-order valence-electron chi connectivity index (χ0n) is 55.6. The van der Waals surface area contributed by atoms with Gasteiger partial charge in [-0.1, -0.05) is 354 Å². The fourth-order valence-electron chi connectivity index (χ4n) is 10.6. The van der Waals surface area contributed by atoms with Gasteiger partial charge in [-0.15, -0.1) is 0 Å². The Labute approximate surface area is 522 Å². The summed E-state index contributed by atoms with van der Waals surface area (Å²) in [6, 6.07) is 0. The molecule has 0 spiro atoms. The second-order valence-corrected chi connectivity index (χ2v) is 24.3. The quantitative estimate of drug-likeness (QED) is 0.0373. The number of carbonyl (C=O) groups excluding carboxylic acids is 2. The number of esters is 2. The largest absolute Gasteiger partial charge is 0.462 e. The molecule has 0 amide bonds. The van der Waals surface area contributed by atoms with Gasteiger partial charge < -0.3 is 14.6 Å². The van der Waals surface area contributed by atoms with Crippen LogP contribution in [0.2, 0.25) is 0 Å². The molecule has 0 aliphatic rings. The normalized spacial score (nSPS) is 12.8. The summed E-state index contributed by atoms with van der Waals surface area (Å²) in [4.78, 5) is 24.7. The number of allylic oxidation sites excluding steroid dienone is 18. The van der Waals surface area contributed by atoms with E-state index in [1.54, 1.807) is 0 Å². The Morgan fingerprint density at radius 1 is 0.286 bits per heavy atom. The van der Waals surface area contributed by atoms with Crippen molar-refractivity contribution in [2.24, 2.45) is 0 Å². The SMILES string of the molecule is CC/C=C\C/C=C\C/C=C\C/C=C\C/C=C\C/C=C\C/C=C\C/C=C\CCCCCCCCCCCCCCCCCCC(=O)OC(CO)COC(=O)CCCCCCCCCCCCCCCCCCC/C=C\CCCCCCCCCC. The predicted octanol–water partition coefficient (Wildman–Crippen LogP) is 25.5. The Kier molecular flexibility index (Phi) is 70.8. The third-order valence-electron chi connectivity index (χ3n) is 16.1. The fourth-order valence-corrected chi connectivity index (χ4v) is 10.6. The molecule has 5 nitrogen and oxygen atoms in total. The van der Waals surface area contributed by atoms with Gasteiger partial charge in [-0.3, -0.25) is 9.59 Å². The van der Waals surface area contributed by atoms with Crippen LogP contribution >= 0.6 is 0 Å². The number of aliphatic hydroxyl groups excluding tert-OH is 1. The van der Waals surface area contributed by atoms with E-state index < -0.39 is 6.10 Å². The zero-order valence-corrected chi connectivity index (χ0v) is 55.6. The van der Waals surface area contributed by atoms with Crippen LogP contribution < -0.4 is 0 Å². The first-order chi connectivity index (χ1) is 41.6. The van der Waals surface area contributed by atoms with Crippen molar-refractivity contribution in [2.75, 3.05) is 13.2 Å². The average Bonchev–Trinajstić information content (AvgIpc) is 3.51. The molecule has 84 heavy (non-hydrogen) atoms. The van der Waals surface area contributed by atoms with Crippen molar-refractivity contribution < 1.29 is 24.2 Å². The van der Waals surface area contributed by atoms with Gasteiger partial charge in [-0.25, -0.2) is 0 Å². The highest BCUT2D eigenvalue weighted by molar-refractivity contribution is 5.70. The summed E-state index contributed by atoms with van der Waals surface area (Å²) in [5.41, 5.74) is 0. The van der Waals surface area contributed by atoms with Crippen LogP contribution in [0, 0.1) is 0 Å². The summed E-state index contributed by atoms with van der Waals surface area (Å²) in [5, 5.41) is 9.71. The van der Waals surface area contributed by atoms with Crippen molar-refractivity contribution in [3.63, 3.8) is 0 Å². The molecule has 484 valence electrons. The summed E-state index contributed by atoms with van der Waals surface area (Å²) in [6.07, 6.45) is 107. The summed E-state index contributed by atoms with van der Waals surface area (Å²) >= 11 is 0. The van der Waals surface area contributed by atoms with Crippen LogP contribution in [0.25, 0.3) is 0 Å². The first-order valence-corrected chi connectivity index (χ1v) is 36.4. The average molecular weight is 1170 g/mol. The molecule has 0 aromatic heterocycles. The van der Waals surface area contributed by atoms with Crippen molar-refractivity contribution in [3.05, 3.63) is 109 Å². The molecule has 0 heterocycles. The third-order valence-corrected chi connectivity index (χ3v) is 16.1. The van der Waals surface area contributed by atoms with E-state index in [-0.39, 0.29) is 25.2 Å². The maximum Gasteiger partial charge on any atom is 0.306 e. The number of hydrogen-bond donors (Lipinski definition) is 1. The second-order valence-electron chi connectivity index (χ2n) is 24.3. The standard InChI is InChI=1S/C79H138O5/c1-3-5-7-9-11-13-15-17-19-21-23-25-27-29-31-33-34-35-36-37-38-39-40-41-42-43-44-46-48-50-52-54-56-58-60-62-64-66-68-70-72-74-79(82)84-77(75-80)76-83-78(81)73-71-69-67-65-63-61-59-57-55-53-51-49-47-45-32-30-28-26-24-22-20-18-16-14-12-10-8-6-4-2/h5,7,11,13,17,19,22-25,29,31,34-35,37-38,40-41,77,80H,3-4,6,8-10,12,14-16,18,20-21,26-28,30,32-33,36,39,42-76H2,1-2H3/b7-5-,13-11-,19-17-,24-22-,25-23-,31-29-,35-34-,38-37-,41-40-. The lowest BCUT2D eigenvalue weighted by Gasteiger charge is -2.15. The van der Waals surface area contributed by atoms with E-state index >= 15 is 0 Å². The molecule has 0 bridgehead atoms. The summed E-state index contributed by atoms with van der Waals surface area (Å²) < 4.78 is 10.8. The molecular weight excluding hydrogens is 1030 g/mol. The maximum absolute atomic E-state index is 12.4. The van der Waals surface area contributed by atoms with E-state index in [1.165, 1.54) is 244 Å². The maximum atomic E-state index is 12.4. The summed E-state index contributed by atoms with van der Waals surface area (Å²) in [6.45, 7) is 4.07. The lowest BCUT2D eigenvalue weighted by molar-refractivity contribution is -0.161. The molecule has 0 aliphatic carbocycles. The highest BCUT2D eigenvalue weighted by atomic mass is 16.6. The number of hydrogen-bond acceptors (Lipinski definition) is 5. The van der Waals surface area contributed by atoms with E-state index in [1.807, 2.05) is 0 Å². The van der Waals surface area contributed by atoms with E-state index in [4.69, 9.17) is 9.47 Å². The Balaban J connectivity index is 3.46. The minimum atomic E-state index is -0.776. The van der Waals surface area contributed by atoms with Gasteiger partial charge in [0.2, 0.25) is 0 Å². The molecule has 0 radical (unpaired) electrons. The van der Waals surface area contributed by atoms with Crippen LogP contribution in [0.1, 0.15) is 361 Å². The molecule has 0 aromatic rings. The lowest BCUT2D eigenvalue weighted by atomic mass is 10.0. The first kappa shape index (κ1) is 80.6. The summed E-state index contributed by atoms with van der Waals surface area (Å²) in [5.74, 6) is -0.576. The van der Waals surface area contributed by atoms with Gasteiger partial charge in [-0.05, 0) is 103 Å². The highest BCUT2D eigenvalue weighted by Gasteiger charge is 2.16. The van der Waals surface area contributed by atoms with E-state index in [0.717, 1.165) is 89.9 Å². The number of ether oxygens (including phenoxy) is 2. The first-order valence-electron chi connectivity index (χ1n) is 36.4. The topological polar surface area (TPSA) is 72.8 Å². The van der Waals surface area contributed by atoms with Crippen LogP contribution in [-0.2, 0) is 19.1 Å². The lowest BCUT2D eigenvalue weighted by Crippen LogP contribution is -2.28. The van der Waals surface area contributed by atoms with Crippen molar-refractivity contribution in [1.29, 1.82) is 0 Å². The summed E-state index contributed by atoms with van der Waals surface area (Å²) in [7, 11) is 0. The molecular formula is C79H138O5. The number of rotatable bonds is 67. The van der Waals surface area contributed by atoms with Gasteiger partial charge in [0.1, 0.15) is 6.61 Å². The van der Waals surface area contributed by atoms with Gasteiger partial charge in [0.05, 0.1) is 6.61 Å². The monoisotopic (exact) mass is 1170 g/mol. The fraction of sp³-hybridized carbons (Fsp3) is 0.747. The Morgan fingerprint density at radius 2 is 0.512 bits per heavy atom. The molecule has 0 fully saturated rings. The highest BCUT2D eigenvalue weighted by Crippen LogP contribution is 2.18. The van der Waals surface area contributed by atoms with Crippen LogP contribution in [-0.4, -0.2) is 36.4 Å². The van der Waals surface area contributed by atoms with Crippen molar-refractivity contribution in [1.82, 2.24) is 0 Å². The van der Waals surface area contributed by atoms with Crippen LogP contribution in [0.15, 0.2) is 109 Å². The minimum Gasteiger partial charge on any atom is -0.462 e. The van der Waals surface area contributed by atoms with Crippen molar-refractivity contribution in [2.45, 2.75) is 367 Å². The number of aliphatic hydroxyl groups is 1. The molecule has 1 N–H and O–H groups in total. The number of carbonyl (C=O) groups is 2. The molecule has 5 heteroatoms. The Bertz CT molecular complexity index is 1610. The third kappa shape index (κ3) is 71.0. The van der Waals surface area contributed by atoms with Gasteiger partial charge in [0.15, 0.2) is 6.10 Å². The van der Waals surface area contributed by atoms with Gasteiger partial charge >= 0.3 is 11.9 Å². The Morgan fingerprint density at radius 3 is 0.786 bits per heavy atom. The van der Waals surface area contributed by atoms with Crippen LogP contribution in [0.3, 0.4) is 0 Å². The van der Waals surface area contributed by atoms with E-state index in [0.29, 0.717) is 12.8 Å². The van der Waals surface area contributed by atoms with Gasteiger partial charge in [0, 0.05) is 12.8 Å². The molecule has 0 saturated heterocycles. The van der Waals surface area contributed by atoms with Crippen molar-refractivity contribution >= 4 is 11.9 Å². The molecule has 0 aromatic carbocycles. The molecule has 1 atom stereocenters. The zero-order chi connectivity index (χ0) is 60.5. The molecule has 1 unspecified atom stereocenters. The van der Waals surface area contributed by atoms with Crippen LogP contribution in [0.4, 0.5) is 0 Å². The minimum absolute atomic E-state index is 0.0649. The van der Waals surface area contributed by atoms with Crippen molar-refractivity contribution in [3.8, 4) is 0 Å². The molecule has 0 rings (SSSR count).